The van der Waals surface area contributed by atoms with Crippen LogP contribution in [0.15, 0.2) is 12.1 Å². The third-order valence-corrected chi connectivity index (χ3v) is 6.53. The minimum atomic E-state index is -1.17. The van der Waals surface area contributed by atoms with Crippen molar-refractivity contribution < 1.29 is 64.1 Å². The molecule has 43 heavy (non-hydrogen) atoms. The largest absolute Gasteiger partial charge is 0.507 e. The van der Waals surface area contributed by atoms with Crippen LogP contribution in [0.4, 0.5) is 0 Å². The Labute approximate surface area is 247 Å². The lowest BCUT2D eigenvalue weighted by molar-refractivity contribution is -0.142. The zero-order valence-corrected chi connectivity index (χ0v) is 24.6. The Morgan fingerprint density at radius 1 is 0.953 bits per heavy atom. The fraction of sp³-hybridized carbons (Fsp3) is 0.556. The topological polar surface area (TPSA) is 283 Å². The number of aliphatic hydroxyl groups excluding tert-OH is 1. The predicted molar refractivity (Wildman–Crippen MR) is 149 cm³/mol. The van der Waals surface area contributed by atoms with Crippen molar-refractivity contribution in [3.8, 4) is 11.5 Å². The first kappa shape index (κ1) is 38.6. The van der Waals surface area contributed by atoms with E-state index in [-0.39, 0.29) is 42.4 Å². The summed E-state index contributed by atoms with van der Waals surface area (Å²) in [5.74, 6) is -4.50. The van der Waals surface area contributed by atoms with Crippen LogP contribution in [-0.4, -0.2) is 91.6 Å². The van der Waals surface area contributed by atoms with Gasteiger partial charge in [0.15, 0.2) is 0 Å². The number of nitrogens with two attached hydrogens (primary N) is 1. The maximum atomic E-state index is 10.6. The molecule has 0 saturated carbocycles. The maximum Gasteiger partial charge on any atom is 0.326 e. The normalized spacial score (nSPS) is 21.6. The fourth-order valence-electron chi connectivity index (χ4n) is 3.90. The van der Waals surface area contributed by atoms with Crippen LogP contribution in [0.3, 0.4) is 0 Å². The molecule has 0 radical (unpaired) electrons. The van der Waals surface area contributed by atoms with Crippen LogP contribution in [0.5, 0.6) is 11.5 Å². The molecule has 0 spiro atoms. The average Bonchev–Trinajstić information content (AvgIpc) is 3.44. The average molecular weight is 616 g/mol. The number of amides is 2. The van der Waals surface area contributed by atoms with Gasteiger partial charge in [0.25, 0.3) is 0 Å². The third-order valence-electron chi connectivity index (χ3n) is 6.53. The van der Waals surface area contributed by atoms with Crippen LogP contribution in [0.25, 0.3) is 0 Å². The van der Waals surface area contributed by atoms with Crippen LogP contribution in [-0.2, 0) is 35.4 Å². The van der Waals surface area contributed by atoms with E-state index in [1.54, 1.807) is 32.9 Å². The molecule has 2 aliphatic rings. The van der Waals surface area contributed by atoms with Crippen molar-refractivity contribution in [2.75, 3.05) is 7.11 Å². The van der Waals surface area contributed by atoms with E-state index in [0.717, 1.165) is 5.56 Å². The summed E-state index contributed by atoms with van der Waals surface area (Å²) in [4.78, 5) is 62.2. The van der Waals surface area contributed by atoms with Gasteiger partial charge >= 0.3 is 23.9 Å². The third kappa shape index (κ3) is 13.0. The Bertz CT molecular complexity index is 1120. The standard InChI is InChI=1S/C9H12O3.C6H11NO4.2C6H9NO3/c1-6-3-4-8(12-2)7(5-10)9(6)11;1-3(2-4(8)9)5(7)6(10)11;2*1-3-2-4(8)7-5(3)6(9)10/h3-4,10-11H,5H2,1-2H3;3,5H,2,7H2,1H3,(H,8,9)(H,10,11);2*3,5H,2H2,1H3,(H,7,8)(H,9,10). The molecule has 242 valence electrons. The minimum Gasteiger partial charge on any atom is -0.507 e. The summed E-state index contributed by atoms with van der Waals surface area (Å²) in [6.07, 6.45) is 0.446. The highest BCUT2D eigenvalue weighted by Crippen LogP contribution is 2.30. The van der Waals surface area contributed by atoms with E-state index in [4.69, 9.17) is 36.0 Å². The number of nitrogens with one attached hydrogen (secondary N) is 2. The van der Waals surface area contributed by atoms with Gasteiger partial charge in [0, 0.05) is 19.3 Å². The summed E-state index contributed by atoms with van der Waals surface area (Å²) in [6.45, 7) is 6.55. The number of benzene rings is 1. The summed E-state index contributed by atoms with van der Waals surface area (Å²) in [5, 5.41) is 56.7. The Balaban J connectivity index is 0.000000548. The van der Waals surface area contributed by atoms with Gasteiger partial charge in [-0.15, -0.1) is 0 Å². The molecule has 2 amide bonds. The van der Waals surface area contributed by atoms with Crippen molar-refractivity contribution in [2.24, 2.45) is 23.5 Å². The lowest BCUT2D eigenvalue weighted by atomic mass is 10.00. The second-order valence-electron chi connectivity index (χ2n) is 10.1. The zero-order valence-electron chi connectivity index (χ0n) is 24.6. The number of ether oxygens (including phenoxy) is 1. The molecule has 6 unspecified atom stereocenters. The minimum absolute atomic E-state index is 0.0787. The first-order valence-electron chi connectivity index (χ1n) is 13.1. The van der Waals surface area contributed by atoms with Gasteiger partial charge in [-0.3, -0.25) is 19.2 Å². The lowest BCUT2D eigenvalue weighted by Crippen LogP contribution is -2.37. The second kappa shape index (κ2) is 18.2. The van der Waals surface area contributed by atoms with Crippen molar-refractivity contribution in [1.29, 1.82) is 0 Å². The van der Waals surface area contributed by atoms with Gasteiger partial charge < -0.3 is 51.7 Å². The molecule has 0 aromatic heterocycles. The summed E-state index contributed by atoms with van der Waals surface area (Å²) in [5.41, 5.74) is 6.32. The van der Waals surface area contributed by atoms with E-state index in [9.17, 15) is 33.9 Å². The Morgan fingerprint density at radius 3 is 1.65 bits per heavy atom. The predicted octanol–water partition coefficient (Wildman–Crippen LogP) is -0.0982. The molecular weight excluding hydrogens is 574 g/mol. The number of carbonyl (C=O) groups is 6. The van der Waals surface area contributed by atoms with Gasteiger partial charge in [-0.05, 0) is 36.3 Å². The van der Waals surface area contributed by atoms with Crippen molar-refractivity contribution >= 4 is 35.7 Å². The highest BCUT2D eigenvalue weighted by atomic mass is 16.5. The SMILES string of the molecule is CC(CC(=O)O)C(N)C(=O)O.CC1CC(=O)NC1C(=O)O.CC1CC(=O)NC1C(=O)O.COc1ccc(C)c(O)c1CO. The van der Waals surface area contributed by atoms with Gasteiger partial charge in [0.1, 0.15) is 29.6 Å². The molecule has 16 heteroatoms. The van der Waals surface area contributed by atoms with Crippen LogP contribution in [0.1, 0.15) is 51.2 Å². The van der Waals surface area contributed by atoms with Crippen LogP contribution < -0.4 is 21.1 Å². The van der Waals surface area contributed by atoms with E-state index in [1.807, 2.05) is 0 Å². The smallest absolute Gasteiger partial charge is 0.326 e. The van der Waals surface area contributed by atoms with Gasteiger partial charge in [0.2, 0.25) is 11.8 Å². The van der Waals surface area contributed by atoms with Crippen molar-refractivity contribution in [1.82, 2.24) is 10.6 Å². The fourth-order valence-corrected chi connectivity index (χ4v) is 3.90. The molecule has 10 N–H and O–H groups in total. The lowest BCUT2D eigenvalue weighted by Gasteiger charge is -2.12. The van der Waals surface area contributed by atoms with E-state index >= 15 is 0 Å². The first-order chi connectivity index (χ1) is 19.9. The van der Waals surface area contributed by atoms with Gasteiger partial charge in [-0.25, -0.2) is 9.59 Å². The molecule has 1 aromatic rings. The van der Waals surface area contributed by atoms with Crippen molar-refractivity contribution in [3.05, 3.63) is 23.3 Å². The number of aliphatic hydroxyl groups is 1. The number of phenols is 1. The summed E-state index contributed by atoms with van der Waals surface area (Å²) in [6, 6.07) is 1.03. The van der Waals surface area contributed by atoms with E-state index in [0.29, 0.717) is 24.2 Å². The number of aliphatic carboxylic acids is 4. The number of carboxylic acid groups (broad SMARTS) is 4. The molecule has 0 aliphatic carbocycles. The Morgan fingerprint density at radius 2 is 1.40 bits per heavy atom. The van der Waals surface area contributed by atoms with Gasteiger partial charge in [0.05, 0.1) is 19.3 Å². The molecule has 2 heterocycles. The number of aromatic hydroxyl groups is 1. The molecule has 2 saturated heterocycles. The summed E-state index contributed by atoms with van der Waals surface area (Å²) in [7, 11) is 1.50. The molecule has 6 atom stereocenters. The molecular formula is C27H41N3O13. The van der Waals surface area contributed by atoms with Gasteiger partial charge in [-0.2, -0.15) is 0 Å². The molecule has 16 nitrogen and oxygen atoms in total. The quantitative estimate of drug-likeness (QED) is 0.185. The molecule has 1 aromatic carbocycles. The monoisotopic (exact) mass is 615 g/mol. The molecule has 0 bridgehead atoms. The maximum absolute atomic E-state index is 10.6. The number of aryl methyl sites for hydroxylation is 1. The molecule has 2 fully saturated rings. The second-order valence-corrected chi connectivity index (χ2v) is 10.1. The number of hydrogen-bond acceptors (Lipinski definition) is 10. The van der Waals surface area contributed by atoms with E-state index < -0.39 is 47.9 Å². The summed E-state index contributed by atoms with van der Waals surface area (Å²) < 4.78 is 4.95. The highest BCUT2D eigenvalue weighted by molar-refractivity contribution is 5.88. The number of rotatable bonds is 8. The molecule has 3 rings (SSSR count). The number of carboxylic acids is 4. The number of hydrogen-bond donors (Lipinski definition) is 9. The van der Waals surface area contributed by atoms with E-state index in [1.165, 1.54) is 14.0 Å². The highest BCUT2D eigenvalue weighted by Gasteiger charge is 2.34. The van der Waals surface area contributed by atoms with E-state index in [2.05, 4.69) is 10.6 Å². The van der Waals surface area contributed by atoms with Crippen LogP contribution in [0.2, 0.25) is 0 Å². The zero-order chi connectivity index (χ0) is 33.6. The first-order valence-corrected chi connectivity index (χ1v) is 13.1. The van der Waals surface area contributed by atoms with Crippen LogP contribution >= 0.6 is 0 Å². The number of methoxy groups -OCH3 is 1. The van der Waals surface area contributed by atoms with Crippen molar-refractivity contribution in [3.63, 3.8) is 0 Å². The van der Waals surface area contributed by atoms with Crippen molar-refractivity contribution in [2.45, 2.75) is 71.7 Å². The Hall–Kier alpha value is -4.44. The summed E-state index contributed by atoms with van der Waals surface area (Å²) >= 11 is 0. The van der Waals surface area contributed by atoms with Crippen LogP contribution in [0, 0.1) is 24.7 Å². The van der Waals surface area contributed by atoms with Gasteiger partial charge in [-0.1, -0.05) is 26.8 Å². The number of carbonyl (C=O) groups excluding carboxylic acids is 2. The Kier molecular flexibility index (Phi) is 16.3. The molecule has 2 aliphatic heterocycles.